The molecule has 1 amide bonds. The minimum atomic E-state index is -0.494. The minimum Gasteiger partial charge on any atom is -0.481 e. The van der Waals surface area contributed by atoms with Crippen molar-refractivity contribution in [2.75, 3.05) is 0 Å². The van der Waals surface area contributed by atoms with Crippen molar-refractivity contribution in [3.8, 4) is 5.75 Å². The van der Waals surface area contributed by atoms with Crippen LogP contribution < -0.4 is 10.1 Å². The third-order valence-corrected chi connectivity index (χ3v) is 4.25. The summed E-state index contributed by atoms with van der Waals surface area (Å²) < 4.78 is 5.93. The largest absolute Gasteiger partial charge is 0.481 e. The van der Waals surface area contributed by atoms with Gasteiger partial charge in [-0.1, -0.05) is 67.1 Å². The van der Waals surface area contributed by atoms with Gasteiger partial charge in [0.2, 0.25) is 0 Å². The summed E-state index contributed by atoms with van der Waals surface area (Å²) in [5.41, 5.74) is 2.29. The van der Waals surface area contributed by atoms with Crippen LogP contribution in [0.2, 0.25) is 0 Å². The van der Waals surface area contributed by atoms with E-state index in [1.165, 1.54) is 5.56 Å². The summed E-state index contributed by atoms with van der Waals surface area (Å²) in [4.78, 5) is 12.4. The maximum absolute atomic E-state index is 12.4. The van der Waals surface area contributed by atoms with Gasteiger partial charge in [0.25, 0.3) is 5.91 Å². The highest BCUT2D eigenvalue weighted by Gasteiger charge is 2.18. The van der Waals surface area contributed by atoms with Crippen molar-refractivity contribution in [2.45, 2.75) is 32.9 Å². The fraction of sp³-hybridized carbons (Fsp3) is 0.227. The topological polar surface area (TPSA) is 38.3 Å². The third-order valence-electron chi connectivity index (χ3n) is 4.25. The van der Waals surface area contributed by atoms with Crippen molar-refractivity contribution in [3.05, 3.63) is 77.9 Å². The summed E-state index contributed by atoms with van der Waals surface area (Å²) in [6.07, 6.45) is 0.124. The maximum atomic E-state index is 12.4. The highest BCUT2D eigenvalue weighted by Crippen LogP contribution is 2.22. The smallest absolute Gasteiger partial charge is 0.261 e. The molecule has 25 heavy (non-hydrogen) atoms. The zero-order valence-corrected chi connectivity index (χ0v) is 14.7. The van der Waals surface area contributed by atoms with Gasteiger partial charge >= 0.3 is 0 Å². The molecule has 0 aromatic heterocycles. The molecular weight excluding hydrogens is 310 g/mol. The Morgan fingerprint density at radius 3 is 2.44 bits per heavy atom. The predicted molar refractivity (Wildman–Crippen MR) is 102 cm³/mol. The molecule has 1 unspecified atom stereocenters. The van der Waals surface area contributed by atoms with Gasteiger partial charge in [0.15, 0.2) is 6.10 Å². The second-order valence-electron chi connectivity index (χ2n) is 6.23. The van der Waals surface area contributed by atoms with Gasteiger partial charge in [-0.2, -0.15) is 0 Å². The van der Waals surface area contributed by atoms with Crippen molar-refractivity contribution in [1.29, 1.82) is 0 Å². The number of carbonyl (C=O) groups is 1. The first-order valence-corrected chi connectivity index (χ1v) is 8.64. The summed E-state index contributed by atoms with van der Waals surface area (Å²) in [5.74, 6) is 0.632. The molecule has 0 spiro atoms. The number of hydrogen-bond acceptors (Lipinski definition) is 2. The lowest BCUT2D eigenvalue weighted by molar-refractivity contribution is -0.128. The van der Waals surface area contributed by atoms with Crippen LogP contribution in [0.1, 0.15) is 24.5 Å². The van der Waals surface area contributed by atoms with Crippen LogP contribution in [0.4, 0.5) is 0 Å². The number of fused-ring (bicyclic) bond motifs is 1. The molecule has 3 aromatic carbocycles. The molecule has 0 radical (unpaired) electrons. The predicted octanol–water partition coefficient (Wildman–Crippen LogP) is 4.62. The summed E-state index contributed by atoms with van der Waals surface area (Å²) in [6, 6.07) is 22.2. The number of carbonyl (C=O) groups excluding carboxylic acids is 1. The van der Waals surface area contributed by atoms with E-state index in [9.17, 15) is 4.79 Å². The Hall–Kier alpha value is -2.81. The second kappa shape index (κ2) is 7.84. The Balaban J connectivity index is 1.64. The fourth-order valence-electron chi connectivity index (χ4n) is 2.74. The summed E-state index contributed by atoms with van der Waals surface area (Å²) >= 11 is 0. The van der Waals surface area contributed by atoms with E-state index in [4.69, 9.17) is 4.74 Å². The maximum Gasteiger partial charge on any atom is 0.261 e. The zero-order valence-electron chi connectivity index (χ0n) is 14.7. The van der Waals surface area contributed by atoms with Crippen molar-refractivity contribution in [1.82, 2.24) is 5.32 Å². The number of amides is 1. The van der Waals surface area contributed by atoms with Gasteiger partial charge in [-0.15, -0.1) is 0 Å². The van der Waals surface area contributed by atoms with Gasteiger partial charge < -0.3 is 10.1 Å². The molecule has 0 heterocycles. The van der Waals surface area contributed by atoms with Crippen LogP contribution in [0.15, 0.2) is 66.7 Å². The van der Waals surface area contributed by atoms with Gasteiger partial charge in [-0.25, -0.2) is 0 Å². The van der Waals surface area contributed by atoms with E-state index in [1.807, 2.05) is 74.5 Å². The molecule has 0 fully saturated rings. The van der Waals surface area contributed by atoms with Crippen molar-refractivity contribution >= 4 is 16.7 Å². The highest BCUT2D eigenvalue weighted by atomic mass is 16.5. The van der Waals surface area contributed by atoms with E-state index in [-0.39, 0.29) is 5.91 Å². The van der Waals surface area contributed by atoms with Crippen LogP contribution in [-0.4, -0.2) is 12.0 Å². The lowest BCUT2D eigenvalue weighted by Crippen LogP contribution is -2.37. The van der Waals surface area contributed by atoms with Crippen molar-refractivity contribution in [3.63, 3.8) is 0 Å². The van der Waals surface area contributed by atoms with E-state index in [0.29, 0.717) is 13.0 Å². The van der Waals surface area contributed by atoms with Gasteiger partial charge in [0.1, 0.15) is 5.75 Å². The summed E-state index contributed by atoms with van der Waals surface area (Å²) in [5, 5.41) is 5.23. The Morgan fingerprint density at radius 1 is 1.00 bits per heavy atom. The quantitative estimate of drug-likeness (QED) is 0.715. The molecule has 0 bridgehead atoms. The Kier molecular flexibility index (Phi) is 5.34. The van der Waals surface area contributed by atoms with Gasteiger partial charge in [0.05, 0.1) is 0 Å². The average Bonchev–Trinajstić information content (AvgIpc) is 2.65. The van der Waals surface area contributed by atoms with Crippen molar-refractivity contribution < 1.29 is 9.53 Å². The summed E-state index contributed by atoms with van der Waals surface area (Å²) in [6.45, 7) is 4.51. The van der Waals surface area contributed by atoms with Crippen LogP contribution >= 0.6 is 0 Å². The first-order valence-electron chi connectivity index (χ1n) is 8.64. The zero-order chi connectivity index (χ0) is 17.6. The van der Waals surface area contributed by atoms with Gasteiger partial charge in [-0.05, 0) is 41.8 Å². The molecule has 0 aliphatic heterocycles. The normalized spacial score (nSPS) is 11.9. The number of rotatable bonds is 6. The SMILES string of the molecule is CCC(Oc1ccc2ccccc2c1)C(=O)NCc1ccc(C)cc1. The molecule has 0 aliphatic carbocycles. The molecular formula is C22H23NO2. The van der Waals surface area contributed by atoms with E-state index in [1.54, 1.807) is 0 Å². The van der Waals surface area contributed by atoms with E-state index >= 15 is 0 Å². The third kappa shape index (κ3) is 4.38. The lowest BCUT2D eigenvalue weighted by atomic mass is 10.1. The van der Waals surface area contributed by atoms with E-state index in [2.05, 4.69) is 11.4 Å². The lowest BCUT2D eigenvalue weighted by Gasteiger charge is -2.17. The minimum absolute atomic E-state index is 0.0868. The van der Waals surface area contributed by atoms with E-state index in [0.717, 1.165) is 22.1 Å². The number of nitrogens with one attached hydrogen (secondary N) is 1. The Labute approximate surface area is 148 Å². The van der Waals surface area contributed by atoms with E-state index < -0.39 is 6.10 Å². The highest BCUT2D eigenvalue weighted by molar-refractivity contribution is 5.84. The molecule has 3 nitrogen and oxygen atoms in total. The van der Waals surface area contributed by atoms with Crippen LogP contribution in [0.3, 0.4) is 0 Å². The Morgan fingerprint density at radius 2 is 1.72 bits per heavy atom. The van der Waals surface area contributed by atoms with Crippen molar-refractivity contribution in [2.24, 2.45) is 0 Å². The molecule has 128 valence electrons. The van der Waals surface area contributed by atoms with Crippen LogP contribution in [0.25, 0.3) is 10.8 Å². The number of hydrogen-bond donors (Lipinski definition) is 1. The van der Waals surface area contributed by atoms with Crippen LogP contribution in [-0.2, 0) is 11.3 Å². The molecule has 3 rings (SSSR count). The number of aryl methyl sites for hydroxylation is 1. The number of ether oxygens (including phenoxy) is 1. The molecule has 1 N–H and O–H groups in total. The summed E-state index contributed by atoms with van der Waals surface area (Å²) in [7, 11) is 0. The molecule has 0 saturated carbocycles. The van der Waals surface area contributed by atoms with Crippen LogP contribution in [0.5, 0.6) is 5.75 Å². The first kappa shape index (κ1) is 17.0. The average molecular weight is 333 g/mol. The molecule has 0 aliphatic rings. The molecule has 0 saturated heterocycles. The van der Waals surface area contributed by atoms with Crippen LogP contribution in [0, 0.1) is 6.92 Å². The standard InChI is InChI=1S/C22H23NO2/c1-3-21(22(24)23-15-17-10-8-16(2)9-11-17)25-20-13-12-18-6-4-5-7-19(18)14-20/h4-14,21H,3,15H2,1-2H3,(H,23,24). The number of benzene rings is 3. The molecule has 1 atom stereocenters. The van der Waals surface area contributed by atoms with Gasteiger partial charge in [0, 0.05) is 6.54 Å². The molecule has 3 aromatic rings. The van der Waals surface area contributed by atoms with Gasteiger partial charge in [-0.3, -0.25) is 4.79 Å². The fourth-order valence-corrected chi connectivity index (χ4v) is 2.74. The monoisotopic (exact) mass is 333 g/mol. The molecule has 3 heteroatoms. The second-order valence-corrected chi connectivity index (χ2v) is 6.23. The Bertz CT molecular complexity index is 855. The first-order chi connectivity index (χ1) is 12.2.